The van der Waals surface area contributed by atoms with E-state index in [1.54, 1.807) is 12.1 Å². The van der Waals surface area contributed by atoms with Crippen molar-refractivity contribution in [3.63, 3.8) is 0 Å². The molecule has 0 aliphatic carbocycles. The summed E-state index contributed by atoms with van der Waals surface area (Å²) in [6, 6.07) is 15.3. The zero-order valence-electron chi connectivity index (χ0n) is 12.5. The zero-order chi connectivity index (χ0) is 16.4. The van der Waals surface area contributed by atoms with E-state index in [9.17, 15) is 4.79 Å². The van der Waals surface area contributed by atoms with Gasteiger partial charge in [-0.25, -0.2) is 0 Å². The second kappa shape index (κ2) is 6.87. The molecule has 0 radical (unpaired) electrons. The molecule has 1 heterocycles. The molecule has 0 spiro atoms. The lowest BCUT2D eigenvalue weighted by atomic mass is 10.1. The lowest BCUT2D eigenvalue weighted by molar-refractivity contribution is -0.113. The molecule has 0 saturated carbocycles. The third-order valence-electron chi connectivity index (χ3n) is 3.55. The summed E-state index contributed by atoms with van der Waals surface area (Å²) in [5, 5.41) is 0.579. The van der Waals surface area contributed by atoms with Crippen LogP contribution in [-0.2, 0) is 11.2 Å². The molecule has 1 fully saturated rings. The monoisotopic (exact) mass is 359 g/mol. The highest BCUT2D eigenvalue weighted by atomic mass is 35.5. The predicted octanol–water partition coefficient (Wildman–Crippen LogP) is 5.31. The number of hydrogen-bond donors (Lipinski definition) is 0. The number of halogens is 1. The third kappa shape index (κ3) is 3.50. The van der Waals surface area contributed by atoms with Crippen molar-refractivity contribution in [3.05, 3.63) is 69.6 Å². The number of carbonyl (C=O) groups is 1. The maximum atomic E-state index is 12.7. The van der Waals surface area contributed by atoms with Crippen molar-refractivity contribution in [2.45, 2.75) is 13.3 Å². The van der Waals surface area contributed by atoms with Crippen LogP contribution < -0.4 is 4.90 Å². The fourth-order valence-corrected chi connectivity index (χ4v) is 3.79. The summed E-state index contributed by atoms with van der Waals surface area (Å²) in [6.45, 7) is 2.12. The number of hydrogen-bond acceptors (Lipinski definition) is 3. The van der Waals surface area contributed by atoms with Gasteiger partial charge in [-0.2, -0.15) is 0 Å². The molecule has 0 aromatic heterocycles. The Morgan fingerprint density at radius 1 is 1.22 bits per heavy atom. The average Bonchev–Trinajstić information content (AvgIpc) is 2.82. The number of rotatable bonds is 3. The van der Waals surface area contributed by atoms with Crippen molar-refractivity contribution in [3.8, 4) is 0 Å². The van der Waals surface area contributed by atoms with Gasteiger partial charge < -0.3 is 0 Å². The normalized spacial score (nSPS) is 16.4. The molecule has 2 aromatic rings. The Morgan fingerprint density at radius 2 is 1.96 bits per heavy atom. The summed E-state index contributed by atoms with van der Waals surface area (Å²) in [7, 11) is 0. The predicted molar refractivity (Wildman–Crippen MR) is 103 cm³/mol. The SMILES string of the molecule is CCc1ccc(C=C2SC(=S)N(c3cccc(Cl)c3)C2=O)cc1. The number of amides is 1. The summed E-state index contributed by atoms with van der Waals surface area (Å²) in [5.74, 6) is -0.109. The van der Waals surface area contributed by atoms with Gasteiger partial charge in [-0.05, 0) is 41.8 Å². The first-order valence-corrected chi connectivity index (χ1v) is 8.81. The van der Waals surface area contributed by atoms with Crippen molar-refractivity contribution in [2.75, 3.05) is 4.90 Å². The van der Waals surface area contributed by atoms with E-state index in [-0.39, 0.29) is 5.91 Å². The average molecular weight is 360 g/mol. The Labute approximate surface area is 150 Å². The number of anilines is 1. The second-order valence-electron chi connectivity index (χ2n) is 5.09. The number of carbonyl (C=O) groups excluding carboxylic acids is 1. The molecule has 1 aliphatic rings. The van der Waals surface area contributed by atoms with Crippen LogP contribution in [-0.4, -0.2) is 10.2 Å². The van der Waals surface area contributed by atoms with E-state index in [1.807, 2.05) is 30.3 Å². The zero-order valence-corrected chi connectivity index (χ0v) is 14.8. The summed E-state index contributed by atoms with van der Waals surface area (Å²) in [5.41, 5.74) is 2.96. The van der Waals surface area contributed by atoms with Crippen molar-refractivity contribution in [2.24, 2.45) is 0 Å². The van der Waals surface area contributed by atoms with Crippen LogP contribution in [0.3, 0.4) is 0 Å². The van der Waals surface area contributed by atoms with Crippen LogP contribution >= 0.6 is 35.6 Å². The molecule has 2 nitrogen and oxygen atoms in total. The molecular formula is C18H14ClNOS2. The van der Waals surface area contributed by atoms with Crippen molar-refractivity contribution < 1.29 is 4.79 Å². The molecule has 1 saturated heterocycles. The maximum absolute atomic E-state index is 12.7. The first kappa shape index (κ1) is 16.2. The highest BCUT2D eigenvalue weighted by Gasteiger charge is 2.33. The molecular weight excluding hydrogens is 346 g/mol. The van der Waals surface area contributed by atoms with Gasteiger partial charge in [-0.3, -0.25) is 9.69 Å². The Kier molecular flexibility index (Phi) is 4.85. The summed E-state index contributed by atoms with van der Waals surface area (Å²) >= 11 is 12.7. The van der Waals surface area contributed by atoms with Crippen molar-refractivity contribution >= 4 is 57.6 Å². The van der Waals surface area contributed by atoms with Gasteiger partial charge in [0.15, 0.2) is 4.32 Å². The van der Waals surface area contributed by atoms with Crippen LogP contribution in [0.4, 0.5) is 5.69 Å². The molecule has 3 rings (SSSR count). The Morgan fingerprint density at radius 3 is 2.61 bits per heavy atom. The van der Waals surface area contributed by atoms with Crippen LogP contribution in [0.5, 0.6) is 0 Å². The van der Waals surface area contributed by atoms with Crippen LogP contribution in [0.2, 0.25) is 5.02 Å². The molecule has 116 valence electrons. The van der Waals surface area contributed by atoms with Gasteiger partial charge >= 0.3 is 0 Å². The van der Waals surface area contributed by atoms with Gasteiger partial charge in [-0.15, -0.1) is 0 Å². The van der Waals surface area contributed by atoms with E-state index in [2.05, 4.69) is 19.1 Å². The minimum Gasteiger partial charge on any atom is -0.268 e. The first-order valence-electron chi connectivity index (χ1n) is 7.21. The number of thiocarbonyl (C=S) groups is 1. The fourth-order valence-electron chi connectivity index (χ4n) is 2.31. The Hall–Kier alpha value is -1.62. The second-order valence-corrected chi connectivity index (χ2v) is 7.20. The van der Waals surface area contributed by atoms with Gasteiger partial charge in [0, 0.05) is 5.02 Å². The van der Waals surface area contributed by atoms with Crippen molar-refractivity contribution in [1.29, 1.82) is 0 Å². The van der Waals surface area contributed by atoms with Crippen LogP contribution in [0, 0.1) is 0 Å². The molecule has 0 unspecified atom stereocenters. The topological polar surface area (TPSA) is 20.3 Å². The van der Waals surface area contributed by atoms with Gasteiger partial charge in [0.05, 0.1) is 10.6 Å². The summed E-state index contributed by atoms with van der Waals surface area (Å²) < 4.78 is 0.522. The van der Waals surface area contributed by atoms with E-state index in [0.717, 1.165) is 12.0 Å². The molecule has 2 aromatic carbocycles. The smallest absolute Gasteiger partial charge is 0.268 e. The quantitative estimate of drug-likeness (QED) is 0.547. The molecule has 0 N–H and O–H groups in total. The molecule has 23 heavy (non-hydrogen) atoms. The summed E-state index contributed by atoms with van der Waals surface area (Å²) in [4.78, 5) is 14.8. The molecule has 0 bridgehead atoms. The molecule has 5 heteroatoms. The fraction of sp³-hybridized carbons (Fsp3) is 0.111. The lowest BCUT2D eigenvalue weighted by Gasteiger charge is -2.14. The van der Waals surface area contributed by atoms with Gasteiger partial charge in [0.2, 0.25) is 0 Å². The highest BCUT2D eigenvalue weighted by Crippen LogP contribution is 2.36. The van der Waals surface area contributed by atoms with Gasteiger partial charge in [0.25, 0.3) is 5.91 Å². The number of benzene rings is 2. The minimum atomic E-state index is -0.109. The Bertz CT molecular complexity index is 799. The van der Waals surface area contributed by atoms with E-state index in [4.69, 9.17) is 23.8 Å². The number of aryl methyl sites for hydroxylation is 1. The molecule has 1 aliphatic heterocycles. The lowest BCUT2D eigenvalue weighted by Crippen LogP contribution is -2.27. The van der Waals surface area contributed by atoms with Crippen LogP contribution in [0.15, 0.2) is 53.4 Å². The number of nitrogens with zero attached hydrogens (tertiary/aromatic N) is 1. The van der Waals surface area contributed by atoms with E-state index in [1.165, 1.54) is 22.2 Å². The van der Waals surface area contributed by atoms with Crippen molar-refractivity contribution in [1.82, 2.24) is 0 Å². The maximum Gasteiger partial charge on any atom is 0.270 e. The van der Waals surface area contributed by atoms with E-state index in [0.29, 0.717) is 19.9 Å². The standard InChI is InChI=1S/C18H14ClNOS2/c1-2-12-6-8-13(9-7-12)10-16-17(21)20(18(22)23-16)15-5-3-4-14(19)11-15/h3-11H,2H2,1H3. The third-order valence-corrected chi connectivity index (χ3v) is 5.08. The van der Waals surface area contributed by atoms with Crippen LogP contribution in [0.25, 0.3) is 6.08 Å². The molecule has 1 amide bonds. The van der Waals surface area contributed by atoms with E-state index < -0.39 is 0 Å². The van der Waals surface area contributed by atoms with E-state index >= 15 is 0 Å². The largest absolute Gasteiger partial charge is 0.270 e. The summed E-state index contributed by atoms with van der Waals surface area (Å²) in [6.07, 6.45) is 2.88. The van der Waals surface area contributed by atoms with Gasteiger partial charge in [0.1, 0.15) is 0 Å². The first-order chi connectivity index (χ1) is 11.1. The number of thioether (sulfide) groups is 1. The molecule has 0 atom stereocenters. The van der Waals surface area contributed by atoms with Gasteiger partial charge in [-0.1, -0.05) is 72.8 Å². The highest BCUT2D eigenvalue weighted by molar-refractivity contribution is 8.27. The minimum absolute atomic E-state index is 0.109. The van der Waals surface area contributed by atoms with Crippen LogP contribution in [0.1, 0.15) is 18.1 Å². The Balaban J connectivity index is 1.89.